The van der Waals surface area contributed by atoms with Crippen LogP contribution in [0.5, 0.6) is 5.88 Å². The van der Waals surface area contributed by atoms with Gasteiger partial charge in [0.15, 0.2) is 0 Å². The number of aldehydes is 1. The Morgan fingerprint density at radius 2 is 2.31 bits per heavy atom. The Labute approximate surface area is 81.0 Å². The van der Waals surface area contributed by atoms with Gasteiger partial charge in [0.05, 0.1) is 7.11 Å². The van der Waals surface area contributed by atoms with Crippen molar-refractivity contribution in [3.63, 3.8) is 0 Å². The molecule has 0 saturated heterocycles. The minimum Gasteiger partial charge on any atom is -0.481 e. The van der Waals surface area contributed by atoms with E-state index in [-0.39, 0.29) is 0 Å². The molecule has 0 fully saturated rings. The van der Waals surface area contributed by atoms with Crippen molar-refractivity contribution in [2.45, 2.75) is 0 Å². The Bertz CT molecular complexity index is 336. The number of halogens is 1. The molecule has 0 aliphatic rings. The molecule has 1 aromatic heterocycles. The molecule has 68 valence electrons. The average molecular weight is 198 g/mol. The molecule has 0 radical (unpaired) electrons. The first-order chi connectivity index (χ1) is 6.27. The van der Waals surface area contributed by atoms with E-state index in [2.05, 4.69) is 4.98 Å². The van der Waals surface area contributed by atoms with Gasteiger partial charge in [0.1, 0.15) is 11.4 Å². The van der Waals surface area contributed by atoms with Gasteiger partial charge in [0.2, 0.25) is 5.88 Å². The van der Waals surface area contributed by atoms with Gasteiger partial charge in [-0.3, -0.25) is 4.79 Å². The molecule has 0 spiro atoms. The number of pyridine rings is 1. The van der Waals surface area contributed by atoms with Crippen LogP contribution in [-0.4, -0.2) is 18.4 Å². The van der Waals surface area contributed by atoms with Gasteiger partial charge in [0, 0.05) is 5.56 Å². The highest BCUT2D eigenvalue weighted by molar-refractivity contribution is 6.29. The normalized spacial score (nSPS) is 10.3. The van der Waals surface area contributed by atoms with E-state index < -0.39 is 0 Å². The number of nitrogens with zero attached hydrogens (tertiary/aromatic N) is 1. The monoisotopic (exact) mass is 197 g/mol. The smallest absolute Gasteiger partial charge is 0.221 e. The average Bonchev–Trinajstić information content (AvgIpc) is 2.16. The fraction of sp³-hybridized carbons (Fsp3) is 0.111. The predicted molar refractivity (Wildman–Crippen MR) is 50.9 cm³/mol. The predicted octanol–water partition coefficient (Wildman–Crippen LogP) is 1.96. The van der Waals surface area contributed by atoms with Crippen molar-refractivity contribution in [3.8, 4) is 5.88 Å². The molecule has 0 atom stereocenters. The lowest BCUT2D eigenvalue weighted by Crippen LogP contribution is -1.90. The highest BCUT2D eigenvalue weighted by Gasteiger charge is 2.01. The number of rotatable bonds is 3. The van der Waals surface area contributed by atoms with Crippen LogP contribution in [0.25, 0.3) is 6.08 Å². The summed E-state index contributed by atoms with van der Waals surface area (Å²) in [6.45, 7) is 0. The standard InChI is InChI=1S/C9H8ClNO2/c1-13-9-7(3-2-6-12)4-5-8(10)11-9/h2-6H,1H3/b3-2+. The van der Waals surface area contributed by atoms with Crippen LogP contribution in [-0.2, 0) is 4.79 Å². The number of methoxy groups -OCH3 is 1. The van der Waals surface area contributed by atoms with E-state index in [0.29, 0.717) is 17.3 Å². The summed E-state index contributed by atoms with van der Waals surface area (Å²) in [7, 11) is 1.50. The third-order valence-corrected chi connectivity index (χ3v) is 1.61. The lowest BCUT2D eigenvalue weighted by atomic mass is 10.2. The van der Waals surface area contributed by atoms with Crippen LogP contribution in [0.1, 0.15) is 5.56 Å². The summed E-state index contributed by atoms with van der Waals surface area (Å²) in [6.07, 6.45) is 3.66. The summed E-state index contributed by atoms with van der Waals surface area (Å²) in [5.41, 5.74) is 0.721. The van der Waals surface area contributed by atoms with E-state index in [9.17, 15) is 4.79 Å². The van der Waals surface area contributed by atoms with Crippen LogP contribution in [0.3, 0.4) is 0 Å². The molecule has 1 aromatic rings. The molecule has 1 rings (SSSR count). The van der Waals surface area contributed by atoms with Crippen molar-refractivity contribution in [1.82, 2.24) is 4.98 Å². The van der Waals surface area contributed by atoms with E-state index in [1.807, 2.05) is 0 Å². The molecule has 13 heavy (non-hydrogen) atoms. The Kier molecular flexibility index (Phi) is 3.46. The topological polar surface area (TPSA) is 39.2 Å². The lowest BCUT2D eigenvalue weighted by Gasteiger charge is -2.02. The Hall–Kier alpha value is -1.35. The first kappa shape index (κ1) is 9.74. The molecule has 4 heteroatoms. The second-order valence-corrected chi connectivity index (χ2v) is 2.61. The molecule has 0 aromatic carbocycles. The number of hydrogen-bond donors (Lipinski definition) is 0. The van der Waals surface area contributed by atoms with Crippen LogP contribution >= 0.6 is 11.6 Å². The second kappa shape index (κ2) is 4.62. The van der Waals surface area contributed by atoms with Crippen LogP contribution in [0.15, 0.2) is 18.2 Å². The summed E-state index contributed by atoms with van der Waals surface area (Å²) in [4.78, 5) is 14.0. The second-order valence-electron chi connectivity index (χ2n) is 2.23. The van der Waals surface area contributed by atoms with E-state index in [4.69, 9.17) is 16.3 Å². The minimum atomic E-state index is 0.361. The molecule has 0 amide bonds. The molecule has 0 aliphatic carbocycles. The minimum absolute atomic E-state index is 0.361. The van der Waals surface area contributed by atoms with Crippen molar-refractivity contribution < 1.29 is 9.53 Å². The van der Waals surface area contributed by atoms with Gasteiger partial charge in [-0.15, -0.1) is 0 Å². The van der Waals surface area contributed by atoms with E-state index in [1.165, 1.54) is 13.2 Å². The third kappa shape index (κ3) is 2.56. The molecule has 0 aliphatic heterocycles. The highest BCUT2D eigenvalue weighted by Crippen LogP contribution is 2.19. The zero-order valence-electron chi connectivity index (χ0n) is 7.03. The Balaban J connectivity index is 3.05. The van der Waals surface area contributed by atoms with Gasteiger partial charge in [-0.1, -0.05) is 11.6 Å². The van der Waals surface area contributed by atoms with Crippen molar-refractivity contribution in [3.05, 3.63) is 28.9 Å². The number of carbonyl (C=O) groups is 1. The quantitative estimate of drug-likeness (QED) is 0.423. The summed E-state index contributed by atoms with van der Waals surface area (Å²) in [5.74, 6) is 0.408. The van der Waals surface area contributed by atoms with Crippen LogP contribution in [0.2, 0.25) is 5.15 Å². The van der Waals surface area contributed by atoms with Crippen molar-refractivity contribution in [1.29, 1.82) is 0 Å². The molecular formula is C9H8ClNO2. The molecule has 0 unspecified atom stereocenters. The molecule has 0 N–H and O–H groups in total. The van der Waals surface area contributed by atoms with Gasteiger partial charge >= 0.3 is 0 Å². The van der Waals surface area contributed by atoms with Crippen LogP contribution < -0.4 is 4.74 Å². The number of allylic oxidation sites excluding steroid dienone is 1. The highest BCUT2D eigenvalue weighted by atomic mass is 35.5. The van der Waals surface area contributed by atoms with Gasteiger partial charge < -0.3 is 4.74 Å². The molecule has 0 bridgehead atoms. The third-order valence-electron chi connectivity index (χ3n) is 1.40. The summed E-state index contributed by atoms with van der Waals surface area (Å²) < 4.78 is 4.96. The lowest BCUT2D eigenvalue weighted by molar-refractivity contribution is -0.104. The molecular weight excluding hydrogens is 190 g/mol. The number of hydrogen-bond acceptors (Lipinski definition) is 3. The fourth-order valence-corrected chi connectivity index (χ4v) is 1.00. The maximum absolute atomic E-state index is 10.1. The van der Waals surface area contributed by atoms with Crippen molar-refractivity contribution >= 4 is 24.0 Å². The van der Waals surface area contributed by atoms with Gasteiger partial charge in [-0.05, 0) is 24.3 Å². The summed E-state index contributed by atoms with van der Waals surface area (Å²) >= 11 is 5.64. The largest absolute Gasteiger partial charge is 0.481 e. The molecule has 0 saturated carbocycles. The van der Waals surface area contributed by atoms with E-state index in [0.717, 1.165) is 5.56 Å². The first-order valence-corrected chi connectivity index (χ1v) is 3.98. The van der Waals surface area contributed by atoms with Crippen molar-refractivity contribution in [2.24, 2.45) is 0 Å². The fourth-order valence-electron chi connectivity index (χ4n) is 0.862. The molecule has 3 nitrogen and oxygen atoms in total. The number of carbonyl (C=O) groups excluding carboxylic acids is 1. The van der Waals surface area contributed by atoms with Crippen LogP contribution in [0, 0.1) is 0 Å². The zero-order valence-corrected chi connectivity index (χ0v) is 7.78. The summed E-state index contributed by atoms with van der Waals surface area (Å²) in [5, 5.41) is 0.361. The van der Waals surface area contributed by atoms with Gasteiger partial charge in [-0.2, -0.15) is 0 Å². The van der Waals surface area contributed by atoms with Crippen molar-refractivity contribution in [2.75, 3.05) is 7.11 Å². The van der Waals surface area contributed by atoms with Crippen LogP contribution in [0.4, 0.5) is 0 Å². The first-order valence-electron chi connectivity index (χ1n) is 3.60. The van der Waals surface area contributed by atoms with Gasteiger partial charge in [0.25, 0.3) is 0 Å². The molecule has 1 heterocycles. The van der Waals surface area contributed by atoms with E-state index >= 15 is 0 Å². The Morgan fingerprint density at radius 3 is 2.92 bits per heavy atom. The Morgan fingerprint density at radius 1 is 1.54 bits per heavy atom. The van der Waals surface area contributed by atoms with E-state index in [1.54, 1.807) is 18.2 Å². The van der Waals surface area contributed by atoms with Gasteiger partial charge in [-0.25, -0.2) is 4.98 Å². The maximum atomic E-state index is 10.1. The zero-order chi connectivity index (χ0) is 9.68. The number of ether oxygens (including phenoxy) is 1. The maximum Gasteiger partial charge on any atom is 0.221 e. The SMILES string of the molecule is COc1nc(Cl)ccc1/C=C/C=O. The summed E-state index contributed by atoms with van der Waals surface area (Å²) in [6, 6.07) is 3.36. The number of aromatic nitrogens is 1.